The zero-order valence-corrected chi connectivity index (χ0v) is 14.2. The minimum absolute atomic E-state index is 0.119. The average Bonchev–Trinajstić information content (AvgIpc) is 2.54. The molecule has 1 aliphatic heterocycles. The lowest BCUT2D eigenvalue weighted by atomic mass is 10.0. The molecule has 1 saturated heterocycles. The summed E-state index contributed by atoms with van der Waals surface area (Å²) in [6, 6.07) is 5.97. The highest BCUT2D eigenvalue weighted by Crippen LogP contribution is 2.21. The Morgan fingerprint density at radius 3 is 2.71 bits per heavy atom. The average molecular weight is 331 g/mol. The summed E-state index contributed by atoms with van der Waals surface area (Å²) in [5.74, 6) is 0.309. The van der Waals surface area contributed by atoms with Gasteiger partial charge in [0.2, 0.25) is 11.8 Å². The van der Waals surface area contributed by atoms with E-state index in [0.29, 0.717) is 0 Å². The molecule has 0 spiro atoms. The molecule has 1 fully saturated rings. The molecule has 130 valence electrons. The topological polar surface area (TPSA) is 84.7 Å². The highest BCUT2D eigenvalue weighted by molar-refractivity contribution is 5.92. The van der Waals surface area contributed by atoms with Gasteiger partial charge in [0, 0.05) is 30.8 Å². The Morgan fingerprint density at radius 1 is 1.38 bits per heavy atom. The number of nitrogens with zero attached hydrogens (tertiary/aromatic N) is 1. The number of aryl methyl sites for hydroxylation is 1. The van der Waals surface area contributed by atoms with Crippen LogP contribution in [0.3, 0.4) is 0 Å². The summed E-state index contributed by atoms with van der Waals surface area (Å²) in [6.45, 7) is 3.82. The van der Waals surface area contributed by atoms with Crippen molar-refractivity contribution >= 4 is 17.9 Å². The maximum absolute atomic E-state index is 12.1. The molecule has 6 nitrogen and oxygen atoms in total. The van der Waals surface area contributed by atoms with E-state index in [1.165, 1.54) is 6.08 Å². The standard InChI is InChI=1S/C18H25N3O3/c1-13-3-5-16(24-2)14(11-13)4-6-18(23)20-15-7-9-21(10-8-15)12-17(19)22/h3-6,11,15H,7-10,12H2,1-2H3,(H2,19,22)(H,20,23). The molecular weight excluding hydrogens is 306 g/mol. The third-order valence-electron chi connectivity index (χ3n) is 4.11. The lowest BCUT2D eigenvalue weighted by molar-refractivity contribution is -0.120. The third kappa shape index (κ3) is 5.38. The molecule has 1 aliphatic rings. The molecule has 24 heavy (non-hydrogen) atoms. The summed E-state index contributed by atoms with van der Waals surface area (Å²) < 4.78 is 5.30. The number of benzene rings is 1. The van der Waals surface area contributed by atoms with Gasteiger partial charge in [0.1, 0.15) is 5.75 Å². The van der Waals surface area contributed by atoms with Crippen LogP contribution in [0.25, 0.3) is 6.08 Å². The number of hydrogen-bond acceptors (Lipinski definition) is 4. The first-order valence-corrected chi connectivity index (χ1v) is 8.12. The molecule has 1 aromatic carbocycles. The zero-order chi connectivity index (χ0) is 17.5. The molecule has 0 radical (unpaired) electrons. The SMILES string of the molecule is COc1ccc(C)cc1C=CC(=O)NC1CCN(CC(N)=O)CC1. The fourth-order valence-electron chi connectivity index (χ4n) is 2.85. The lowest BCUT2D eigenvalue weighted by Crippen LogP contribution is -2.46. The van der Waals surface area contributed by atoms with E-state index in [1.54, 1.807) is 13.2 Å². The smallest absolute Gasteiger partial charge is 0.244 e. The van der Waals surface area contributed by atoms with Crippen LogP contribution in [0.4, 0.5) is 0 Å². The van der Waals surface area contributed by atoms with Crippen LogP contribution in [-0.4, -0.2) is 49.5 Å². The molecule has 2 amide bonds. The molecule has 0 aliphatic carbocycles. The van der Waals surface area contributed by atoms with Crippen molar-refractivity contribution in [3.8, 4) is 5.75 Å². The summed E-state index contributed by atoms with van der Waals surface area (Å²) in [4.78, 5) is 25.0. The van der Waals surface area contributed by atoms with Gasteiger partial charge in [-0.1, -0.05) is 11.6 Å². The molecule has 0 bridgehead atoms. The van der Waals surface area contributed by atoms with Gasteiger partial charge in [-0.3, -0.25) is 14.5 Å². The molecule has 0 atom stereocenters. The number of amides is 2. The van der Waals surface area contributed by atoms with Crippen LogP contribution in [0, 0.1) is 6.92 Å². The molecular formula is C18H25N3O3. The van der Waals surface area contributed by atoms with Crippen molar-refractivity contribution in [1.29, 1.82) is 0 Å². The van der Waals surface area contributed by atoms with Gasteiger partial charge in [-0.05, 0) is 38.0 Å². The van der Waals surface area contributed by atoms with Crippen molar-refractivity contribution in [2.75, 3.05) is 26.7 Å². The molecule has 1 aromatic rings. The number of nitrogens with two attached hydrogens (primary N) is 1. The summed E-state index contributed by atoms with van der Waals surface area (Å²) in [5, 5.41) is 3.01. The van der Waals surface area contributed by atoms with E-state index < -0.39 is 0 Å². The van der Waals surface area contributed by atoms with Gasteiger partial charge in [0.15, 0.2) is 0 Å². The second-order valence-corrected chi connectivity index (χ2v) is 6.10. The highest BCUT2D eigenvalue weighted by atomic mass is 16.5. The molecule has 0 saturated carbocycles. The number of hydrogen-bond donors (Lipinski definition) is 2. The van der Waals surface area contributed by atoms with Crippen molar-refractivity contribution in [2.24, 2.45) is 5.73 Å². The molecule has 6 heteroatoms. The predicted molar refractivity (Wildman–Crippen MR) is 93.6 cm³/mol. The molecule has 0 unspecified atom stereocenters. The number of rotatable bonds is 6. The van der Waals surface area contributed by atoms with E-state index in [2.05, 4.69) is 5.32 Å². The van der Waals surface area contributed by atoms with Crippen LogP contribution >= 0.6 is 0 Å². The number of primary amides is 1. The molecule has 3 N–H and O–H groups in total. The Bertz CT molecular complexity index is 620. The summed E-state index contributed by atoms with van der Waals surface area (Å²) in [5.41, 5.74) is 7.19. The molecule has 2 rings (SSSR count). The first-order chi connectivity index (χ1) is 11.5. The number of piperidine rings is 1. The first-order valence-electron chi connectivity index (χ1n) is 8.12. The van der Waals surface area contributed by atoms with Gasteiger partial charge in [-0.15, -0.1) is 0 Å². The third-order valence-corrected chi connectivity index (χ3v) is 4.11. The number of methoxy groups -OCH3 is 1. The Hall–Kier alpha value is -2.34. The van der Waals surface area contributed by atoms with E-state index in [1.807, 2.05) is 30.0 Å². The van der Waals surface area contributed by atoms with Gasteiger partial charge >= 0.3 is 0 Å². The second-order valence-electron chi connectivity index (χ2n) is 6.10. The van der Waals surface area contributed by atoms with Crippen LogP contribution in [0.15, 0.2) is 24.3 Å². The minimum atomic E-state index is -0.312. The van der Waals surface area contributed by atoms with E-state index in [4.69, 9.17) is 10.5 Å². The van der Waals surface area contributed by atoms with E-state index in [0.717, 1.165) is 42.8 Å². The highest BCUT2D eigenvalue weighted by Gasteiger charge is 2.20. The largest absolute Gasteiger partial charge is 0.496 e. The van der Waals surface area contributed by atoms with Crippen molar-refractivity contribution in [3.05, 3.63) is 35.4 Å². The fourth-order valence-corrected chi connectivity index (χ4v) is 2.85. The summed E-state index contributed by atoms with van der Waals surface area (Å²) in [7, 11) is 1.61. The summed E-state index contributed by atoms with van der Waals surface area (Å²) in [6.07, 6.45) is 4.94. The maximum atomic E-state index is 12.1. The predicted octanol–water partition coefficient (Wildman–Crippen LogP) is 1.08. The fraction of sp³-hybridized carbons (Fsp3) is 0.444. The molecule has 1 heterocycles. The van der Waals surface area contributed by atoms with Crippen LogP contribution in [0.2, 0.25) is 0 Å². The van der Waals surface area contributed by atoms with E-state index in [-0.39, 0.29) is 24.4 Å². The van der Waals surface area contributed by atoms with Gasteiger partial charge < -0.3 is 15.8 Å². The quantitative estimate of drug-likeness (QED) is 0.764. The van der Waals surface area contributed by atoms with Crippen molar-refractivity contribution in [3.63, 3.8) is 0 Å². The van der Waals surface area contributed by atoms with Crippen molar-refractivity contribution in [2.45, 2.75) is 25.8 Å². The monoisotopic (exact) mass is 331 g/mol. The number of ether oxygens (including phenoxy) is 1. The van der Waals surface area contributed by atoms with Gasteiger partial charge in [-0.25, -0.2) is 0 Å². The van der Waals surface area contributed by atoms with Gasteiger partial charge in [-0.2, -0.15) is 0 Å². The van der Waals surface area contributed by atoms with E-state index >= 15 is 0 Å². The van der Waals surface area contributed by atoms with Crippen LogP contribution in [0.1, 0.15) is 24.0 Å². The Labute approximate surface area is 142 Å². The number of likely N-dealkylation sites (tertiary alicyclic amines) is 1. The normalized spacial score (nSPS) is 16.2. The second kappa shape index (κ2) is 8.49. The Kier molecular flexibility index (Phi) is 6.37. The van der Waals surface area contributed by atoms with Crippen LogP contribution in [0.5, 0.6) is 5.75 Å². The number of nitrogens with one attached hydrogen (secondary N) is 1. The van der Waals surface area contributed by atoms with Crippen molar-refractivity contribution < 1.29 is 14.3 Å². The minimum Gasteiger partial charge on any atom is -0.496 e. The number of carbonyl (C=O) groups is 2. The Balaban J connectivity index is 1.86. The van der Waals surface area contributed by atoms with Crippen LogP contribution in [-0.2, 0) is 9.59 Å². The maximum Gasteiger partial charge on any atom is 0.244 e. The lowest BCUT2D eigenvalue weighted by Gasteiger charge is -2.31. The van der Waals surface area contributed by atoms with Gasteiger partial charge in [0.25, 0.3) is 0 Å². The molecule has 0 aromatic heterocycles. The Morgan fingerprint density at radius 2 is 2.08 bits per heavy atom. The zero-order valence-electron chi connectivity index (χ0n) is 14.2. The van der Waals surface area contributed by atoms with Crippen molar-refractivity contribution in [1.82, 2.24) is 10.2 Å². The van der Waals surface area contributed by atoms with Gasteiger partial charge in [0.05, 0.1) is 13.7 Å². The first kappa shape index (κ1) is 18.0. The summed E-state index contributed by atoms with van der Waals surface area (Å²) >= 11 is 0. The van der Waals surface area contributed by atoms with Crippen LogP contribution < -0.4 is 15.8 Å². The number of carbonyl (C=O) groups excluding carboxylic acids is 2. The van der Waals surface area contributed by atoms with E-state index in [9.17, 15) is 9.59 Å².